The summed E-state index contributed by atoms with van der Waals surface area (Å²) in [6.07, 6.45) is 1.28. The summed E-state index contributed by atoms with van der Waals surface area (Å²) in [5, 5.41) is 0. The minimum atomic E-state index is -1.46. The fraction of sp³-hybridized carbons (Fsp3) is 0.789. The average molecular weight is 417 g/mol. The molecule has 0 fully saturated rings. The molecule has 0 spiro atoms. The molecule has 8 heteroatoms. The summed E-state index contributed by atoms with van der Waals surface area (Å²) < 4.78 is 27.9. The first-order valence-corrected chi connectivity index (χ1v) is 15.0. The van der Waals surface area contributed by atoms with Crippen molar-refractivity contribution in [2.45, 2.75) is 77.0 Å². The first kappa shape index (κ1) is 25.9. The maximum Gasteiger partial charge on any atom is 0.333 e. The molecule has 1 atom stereocenters. The Morgan fingerprint density at radius 1 is 1.19 bits per heavy atom. The van der Waals surface area contributed by atoms with Crippen LogP contribution in [0.15, 0.2) is 12.2 Å². The van der Waals surface area contributed by atoms with Crippen LogP contribution in [0.25, 0.3) is 0 Å². The Morgan fingerprint density at radius 3 is 2.41 bits per heavy atom. The number of hydrogen-bond acceptors (Lipinski definition) is 6. The molecule has 0 aromatic carbocycles. The molecule has 27 heavy (non-hydrogen) atoms. The van der Waals surface area contributed by atoms with Crippen LogP contribution in [0.1, 0.15) is 40.0 Å². The molecule has 0 radical (unpaired) electrons. The van der Waals surface area contributed by atoms with Gasteiger partial charge in [0.25, 0.3) is 8.68 Å². The molecule has 0 N–H and O–H groups in total. The second-order valence-corrected chi connectivity index (χ2v) is 15.7. The van der Waals surface area contributed by atoms with E-state index in [-0.39, 0.29) is 19.2 Å². The van der Waals surface area contributed by atoms with Gasteiger partial charge in [0.15, 0.2) is 6.10 Å². The summed E-state index contributed by atoms with van der Waals surface area (Å²) in [5.74, 6) is -0.832. The third-order valence-corrected chi connectivity index (χ3v) is 11.9. The number of carbonyl (C=O) groups excluding carboxylic acids is 2. The Labute approximate surface area is 166 Å². The minimum Gasteiger partial charge on any atom is -0.462 e. The fourth-order valence-corrected chi connectivity index (χ4v) is 9.52. The van der Waals surface area contributed by atoms with Gasteiger partial charge in [0.2, 0.25) is 0 Å². The molecular weight excluding hydrogens is 380 g/mol. The molecule has 0 saturated heterocycles. The van der Waals surface area contributed by atoms with Crippen LogP contribution in [-0.2, 0) is 28.3 Å². The number of esters is 2. The van der Waals surface area contributed by atoms with Gasteiger partial charge in [0.1, 0.15) is 6.61 Å². The normalized spacial score (nSPS) is 12.3. The van der Waals surface area contributed by atoms with Gasteiger partial charge in [-0.1, -0.05) is 39.6 Å². The number of ether oxygens (including phenoxy) is 3. The van der Waals surface area contributed by atoms with Crippen LogP contribution in [0.3, 0.4) is 0 Å². The lowest BCUT2D eigenvalue weighted by Crippen LogP contribution is -2.31. The highest BCUT2D eigenvalue weighted by Crippen LogP contribution is 2.18. The summed E-state index contributed by atoms with van der Waals surface area (Å²) >= 11 is 0. The van der Waals surface area contributed by atoms with Crippen LogP contribution < -0.4 is 0 Å². The number of hydrogen-bond donors (Lipinski definition) is 0. The van der Waals surface area contributed by atoms with Crippen molar-refractivity contribution in [1.82, 2.24) is 0 Å². The highest BCUT2D eigenvalue weighted by molar-refractivity contribution is 6.85. The van der Waals surface area contributed by atoms with Crippen LogP contribution in [0.4, 0.5) is 0 Å². The van der Waals surface area contributed by atoms with Crippen LogP contribution in [0.2, 0.25) is 30.8 Å². The summed E-state index contributed by atoms with van der Waals surface area (Å²) in [4.78, 5) is 23.3. The Hall–Kier alpha value is -1.13. The second kappa shape index (κ2) is 14.0. The van der Waals surface area contributed by atoms with Crippen LogP contribution in [-0.4, -0.2) is 54.6 Å². The van der Waals surface area contributed by atoms with Gasteiger partial charge in [-0.05, 0) is 31.5 Å². The molecule has 0 heterocycles. The first-order chi connectivity index (χ1) is 12.6. The highest BCUT2D eigenvalue weighted by Gasteiger charge is 2.24. The van der Waals surface area contributed by atoms with E-state index < -0.39 is 28.8 Å². The Kier molecular flexibility index (Phi) is 13.4. The quantitative estimate of drug-likeness (QED) is 0.174. The molecule has 0 aliphatic heterocycles. The molecule has 6 nitrogen and oxygen atoms in total. The van der Waals surface area contributed by atoms with Gasteiger partial charge in [0.05, 0.1) is 14.7 Å². The van der Waals surface area contributed by atoms with Crippen molar-refractivity contribution in [2.24, 2.45) is 0 Å². The molecule has 156 valence electrons. The third-order valence-electron chi connectivity index (χ3n) is 4.02. The molecule has 0 aromatic heterocycles. The lowest BCUT2D eigenvalue weighted by atomic mass is 10.3. The van der Waals surface area contributed by atoms with E-state index in [1.54, 1.807) is 6.92 Å². The molecule has 0 bridgehead atoms. The van der Waals surface area contributed by atoms with E-state index in [9.17, 15) is 14.1 Å². The van der Waals surface area contributed by atoms with Crippen LogP contribution >= 0.6 is 0 Å². The van der Waals surface area contributed by atoms with Gasteiger partial charge in [-0.25, -0.2) is 4.79 Å². The lowest BCUT2D eigenvalue weighted by molar-refractivity contribution is -0.159. The van der Waals surface area contributed by atoms with Crippen LogP contribution in [0, 0.1) is 0 Å². The van der Waals surface area contributed by atoms with Crippen LogP contribution in [0.5, 0.6) is 0 Å². The van der Waals surface area contributed by atoms with E-state index in [1.807, 2.05) is 13.8 Å². The van der Waals surface area contributed by atoms with Crippen molar-refractivity contribution < 1.29 is 28.3 Å². The van der Waals surface area contributed by atoms with Crippen molar-refractivity contribution in [1.29, 1.82) is 0 Å². The second-order valence-electron chi connectivity index (χ2n) is 7.65. The SMILES string of the molecule is C=C(C)C(=O)OC(COCCC[Si](C)(C)C[Si](=O)CC)COC(=O)CCC. The topological polar surface area (TPSA) is 78.9 Å². The van der Waals surface area contributed by atoms with Gasteiger partial charge in [-0.15, -0.1) is 0 Å². The maximum absolute atomic E-state index is 11.8. The molecule has 0 rings (SSSR count). The van der Waals surface area contributed by atoms with Crippen molar-refractivity contribution in [3.8, 4) is 0 Å². The van der Waals surface area contributed by atoms with E-state index in [0.717, 1.165) is 24.2 Å². The number of rotatable bonds is 15. The zero-order valence-corrected chi connectivity index (χ0v) is 19.6. The maximum atomic E-state index is 11.8. The van der Waals surface area contributed by atoms with Gasteiger partial charge >= 0.3 is 11.9 Å². The smallest absolute Gasteiger partial charge is 0.333 e. The highest BCUT2D eigenvalue weighted by atomic mass is 28.4. The molecule has 1 unspecified atom stereocenters. The van der Waals surface area contributed by atoms with E-state index in [0.29, 0.717) is 25.0 Å². The Morgan fingerprint density at radius 2 is 1.85 bits per heavy atom. The lowest BCUT2D eigenvalue weighted by Gasteiger charge is -2.21. The molecular formula is C19H36O6Si2. The van der Waals surface area contributed by atoms with Gasteiger partial charge in [-0.3, -0.25) is 4.79 Å². The molecule has 0 saturated carbocycles. The van der Waals surface area contributed by atoms with E-state index in [4.69, 9.17) is 14.2 Å². The molecule has 0 aromatic rings. The van der Waals surface area contributed by atoms with E-state index >= 15 is 0 Å². The van der Waals surface area contributed by atoms with E-state index in [2.05, 4.69) is 19.7 Å². The predicted molar refractivity (Wildman–Crippen MR) is 110 cm³/mol. The van der Waals surface area contributed by atoms with Crippen molar-refractivity contribution in [3.05, 3.63) is 12.2 Å². The third kappa shape index (κ3) is 13.7. The minimum absolute atomic E-state index is 0.0173. The number of carbonyl (C=O) groups is 2. The summed E-state index contributed by atoms with van der Waals surface area (Å²) in [6.45, 7) is 14.2. The Bertz CT molecular complexity index is 504. The molecule has 0 aliphatic rings. The van der Waals surface area contributed by atoms with Crippen molar-refractivity contribution >= 4 is 28.7 Å². The summed E-state index contributed by atoms with van der Waals surface area (Å²) in [7, 11) is -2.88. The zero-order valence-electron chi connectivity index (χ0n) is 17.6. The van der Waals surface area contributed by atoms with Gasteiger partial charge in [0, 0.05) is 18.6 Å². The van der Waals surface area contributed by atoms with Gasteiger partial charge in [-0.2, -0.15) is 0 Å². The predicted octanol–water partition coefficient (Wildman–Crippen LogP) is 3.91. The summed E-state index contributed by atoms with van der Waals surface area (Å²) in [6, 6.07) is 1.83. The van der Waals surface area contributed by atoms with Crippen molar-refractivity contribution in [3.63, 3.8) is 0 Å². The largest absolute Gasteiger partial charge is 0.462 e. The standard InChI is InChI=1S/C19H36O6Si2/c1-7-10-18(20)24-14-17(25-19(21)16(3)4)13-23-11-9-12-27(5,6)15-26(22)8-2/h17H,3,7-15H2,1-2,4-6H3. The Balaban J connectivity index is 4.33. The summed E-state index contributed by atoms with van der Waals surface area (Å²) in [5.41, 5.74) is 1.18. The fourth-order valence-electron chi connectivity index (χ4n) is 2.45. The zero-order chi connectivity index (χ0) is 20.9. The monoisotopic (exact) mass is 416 g/mol. The molecule has 0 aliphatic carbocycles. The van der Waals surface area contributed by atoms with Gasteiger partial charge < -0.3 is 18.7 Å². The van der Waals surface area contributed by atoms with Crippen molar-refractivity contribution in [2.75, 3.05) is 19.8 Å². The first-order valence-electron chi connectivity index (χ1n) is 9.72. The van der Waals surface area contributed by atoms with E-state index in [1.165, 1.54) is 0 Å². The average Bonchev–Trinajstić information content (AvgIpc) is 2.58. The molecule has 0 amide bonds.